The van der Waals surface area contributed by atoms with E-state index in [2.05, 4.69) is 15.8 Å². The van der Waals surface area contributed by atoms with Gasteiger partial charge in [0.05, 0.1) is 0 Å². The van der Waals surface area contributed by atoms with Gasteiger partial charge in [0.25, 0.3) is 0 Å². The van der Waals surface area contributed by atoms with E-state index >= 15 is 0 Å². The monoisotopic (exact) mass is 295 g/mol. The highest BCUT2D eigenvalue weighted by Crippen LogP contribution is 2.08. The number of aryl methyl sites for hydroxylation is 1. The van der Waals surface area contributed by atoms with Gasteiger partial charge >= 0.3 is 0 Å². The smallest absolute Gasteiger partial charge is 0.191 e. The van der Waals surface area contributed by atoms with Crippen LogP contribution in [0.3, 0.4) is 0 Å². The molecule has 2 aromatic carbocycles. The zero-order valence-electron chi connectivity index (χ0n) is 11.8. The Bertz CT molecular complexity index is 648. The Kier molecular flexibility index (Phi) is 5.67. The number of hydrogen-bond donors (Lipinski definition) is 2. The number of nitrogens with zero attached hydrogens (tertiary/aromatic N) is 1. The normalized spacial score (nSPS) is 10.9. The highest BCUT2D eigenvalue weighted by Gasteiger charge is 1.95. The average molecular weight is 295 g/mol. The Labute approximate surface area is 130 Å². The third-order valence-electron chi connectivity index (χ3n) is 2.69. The van der Waals surface area contributed by atoms with Gasteiger partial charge in [-0.05, 0) is 48.5 Å². The number of rotatable bonds is 4. The van der Waals surface area contributed by atoms with Crippen LogP contribution in [0.4, 0.5) is 5.69 Å². The largest absolute Gasteiger partial charge is 0.331 e. The topological polar surface area (TPSA) is 36.4 Å². The van der Waals surface area contributed by atoms with E-state index in [1.807, 2.05) is 73.7 Å². The lowest BCUT2D eigenvalue weighted by atomic mass is 10.2. The van der Waals surface area contributed by atoms with Gasteiger partial charge < -0.3 is 5.32 Å². The second kappa shape index (κ2) is 7.97. The number of hydrogen-bond acceptors (Lipinski definition) is 2. The lowest BCUT2D eigenvalue weighted by Crippen LogP contribution is -2.23. The summed E-state index contributed by atoms with van der Waals surface area (Å²) in [6.07, 6.45) is 5.50. The van der Waals surface area contributed by atoms with Crippen molar-refractivity contribution in [3.8, 4) is 0 Å². The van der Waals surface area contributed by atoms with Gasteiger partial charge in [0.2, 0.25) is 0 Å². The van der Waals surface area contributed by atoms with E-state index in [4.69, 9.17) is 12.2 Å². The maximum Gasteiger partial charge on any atom is 0.191 e. The first-order chi connectivity index (χ1) is 10.2. The molecule has 0 aliphatic carbocycles. The summed E-state index contributed by atoms with van der Waals surface area (Å²) in [6, 6.07) is 18.0. The van der Waals surface area contributed by atoms with E-state index in [0.29, 0.717) is 5.11 Å². The molecule has 21 heavy (non-hydrogen) atoms. The fraction of sp³-hybridized carbons (Fsp3) is 0.0588. The summed E-state index contributed by atoms with van der Waals surface area (Å²) in [6.45, 7) is 2.04. The molecule has 0 saturated heterocycles. The van der Waals surface area contributed by atoms with E-state index in [1.165, 1.54) is 5.56 Å². The van der Waals surface area contributed by atoms with Crippen LogP contribution in [-0.4, -0.2) is 11.3 Å². The summed E-state index contributed by atoms with van der Waals surface area (Å²) in [4.78, 5) is 0. The molecule has 0 aliphatic rings. The zero-order valence-corrected chi connectivity index (χ0v) is 12.6. The molecule has 106 valence electrons. The van der Waals surface area contributed by atoms with Crippen molar-refractivity contribution in [1.82, 2.24) is 5.43 Å². The molecule has 0 unspecified atom stereocenters. The molecule has 0 aliphatic heterocycles. The molecule has 0 amide bonds. The Morgan fingerprint density at radius 2 is 1.90 bits per heavy atom. The zero-order chi connectivity index (χ0) is 14.9. The lowest BCUT2D eigenvalue weighted by molar-refractivity contribution is 1.05. The van der Waals surface area contributed by atoms with Gasteiger partial charge in [-0.2, -0.15) is 5.10 Å². The van der Waals surface area contributed by atoms with Crippen LogP contribution in [0.1, 0.15) is 11.1 Å². The Hall–Kier alpha value is -2.46. The summed E-state index contributed by atoms with van der Waals surface area (Å²) in [5.41, 5.74) is 6.03. The number of allylic oxidation sites excluding steroid dienone is 1. The van der Waals surface area contributed by atoms with Gasteiger partial charge in [0.15, 0.2) is 5.11 Å². The van der Waals surface area contributed by atoms with Crippen molar-refractivity contribution in [2.75, 3.05) is 5.32 Å². The second-order valence-electron chi connectivity index (χ2n) is 4.48. The molecule has 0 atom stereocenters. The molecule has 2 N–H and O–H groups in total. The highest BCUT2D eigenvalue weighted by atomic mass is 32.1. The van der Waals surface area contributed by atoms with Crippen LogP contribution in [0, 0.1) is 6.92 Å². The van der Waals surface area contributed by atoms with E-state index in [1.54, 1.807) is 6.21 Å². The summed E-state index contributed by atoms with van der Waals surface area (Å²) in [5.74, 6) is 0. The first kappa shape index (κ1) is 14.9. The number of nitrogens with one attached hydrogen (secondary N) is 2. The maximum atomic E-state index is 5.16. The Morgan fingerprint density at radius 3 is 2.67 bits per heavy atom. The van der Waals surface area contributed by atoms with Crippen LogP contribution in [0.25, 0.3) is 6.08 Å². The van der Waals surface area contributed by atoms with E-state index in [0.717, 1.165) is 11.3 Å². The molecule has 0 spiro atoms. The number of thiocarbonyl (C=S) groups is 1. The molecule has 3 nitrogen and oxygen atoms in total. The summed E-state index contributed by atoms with van der Waals surface area (Å²) >= 11 is 5.16. The molecular weight excluding hydrogens is 278 g/mol. The first-order valence-corrected chi connectivity index (χ1v) is 7.03. The summed E-state index contributed by atoms with van der Waals surface area (Å²) in [5, 5.41) is 7.58. The minimum atomic E-state index is 0.463. The van der Waals surface area contributed by atoms with Crippen LogP contribution in [0.5, 0.6) is 0 Å². The van der Waals surface area contributed by atoms with Crippen LogP contribution in [0.15, 0.2) is 65.8 Å². The predicted molar refractivity (Wildman–Crippen MR) is 94.5 cm³/mol. The lowest BCUT2D eigenvalue weighted by Gasteiger charge is -2.06. The first-order valence-electron chi connectivity index (χ1n) is 6.62. The predicted octanol–water partition coefficient (Wildman–Crippen LogP) is 3.98. The van der Waals surface area contributed by atoms with Crippen LogP contribution >= 0.6 is 12.2 Å². The minimum Gasteiger partial charge on any atom is -0.331 e. The molecule has 2 rings (SSSR count). The van der Waals surface area contributed by atoms with Gasteiger partial charge in [0.1, 0.15) is 0 Å². The number of benzene rings is 2. The van der Waals surface area contributed by atoms with Crippen LogP contribution in [-0.2, 0) is 0 Å². The molecule has 4 heteroatoms. The van der Waals surface area contributed by atoms with Gasteiger partial charge in [-0.15, -0.1) is 0 Å². The van der Waals surface area contributed by atoms with Gasteiger partial charge in [-0.25, -0.2) is 0 Å². The van der Waals surface area contributed by atoms with Gasteiger partial charge in [-0.3, -0.25) is 5.43 Å². The van der Waals surface area contributed by atoms with E-state index in [-0.39, 0.29) is 0 Å². The van der Waals surface area contributed by atoms with Crippen molar-refractivity contribution in [3.63, 3.8) is 0 Å². The number of anilines is 1. The number of hydrazone groups is 1. The highest BCUT2D eigenvalue weighted by molar-refractivity contribution is 7.80. The van der Waals surface area contributed by atoms with Crippen molar-refractivity contribution in [3.05, 3.63) is 71.8 Å². The third-order valence-corrected chi connectivity index (χ3v) is 2.88. The Morgan fingerprint density at radius 1 is 1.10 bits per heavy atom. The fourth-order valence-electron chi connectivity index (χ4n) is 1.74. The molecule has 0 fully saturated rings. The van der Waals surface area contributed by atoms with E-state index in [9.17, 15) is 0 Å². The third kappa shape index (κ3) is 5.58. The van der Waals surface area contributed by atoms with Crippen molar-refractivity contribution in [2.45, 2.75) is 6.92 Å². The van der Waals surface area contributed by atoms with E-state index < -0.39 is 0 Å². The fourth-order valence-corrected chi connectivity index (χ4v) is 1.91. The van der Waals surface area contributed by atoms with Crippen molar-refractivity contribution >= 4 is 35.3 Å². The van der Waals surface area contributed by atoms with Crippen LogP contribution in [0.2, 0.25) is 0 Å². The molecule has 0 saturated carbocycles. The molecule has 0 bridgehead atoms. The summed E-state index contributed by atoms with van der Waals surface area (Å²) < 4.78 is 0. The van der Waals surface area contributed by atoms with Crippen molar-refractivity contribution < 1.29 is 0 Å². The molecular formula is C17H17N3S. The summed E-state index contributed by atoms with van der Waals surface area (Å²) in [7, 11) is 0. The maximum absolute atomic E-state index is 5.16. The van der Waals surface area contributed by atoms with Gasteiger partial charge in [0, 0.05) is 11.9 Å². The quantitative estimate of drug-likeness (QED) is 0.509. The van der Waals surface area contributed by atoms with Crippen molar-refractivity contribution in [1.29, 1.82) is 0 Å². The van der Waals surface area contributed by atoms with Crippen molar-refractivity contribution in [2.24, 2.45) is 5.10 Å². The standard InChI is InChI=1S/C17H17N3S/c1-14-7-5-11-16(13-14)19-17(21)20-18-12-6-10-15-8-3-2-4-9-15/h2-13H,1H3,(H2,19,20,21). The second-order valence-corrected chi connectivity index (χ2v) is 4.89. The molecule has 0 radical (unpaired) electrons. The Balaban J connectivity index is 1.79. The van der Waals surface area contributed by atoms with Gasteiger partial charge in [-0.1, -0.05) is 48.5 Å². The molecule has 0 aromatic heterocycles. The van der Waals surface area contributed by atoms with Crippen LogP contribution < -0.4 is 10.7 Å². The molecule has 0 heterocycles. The molecule has 2 aromatic rings. The SMILES string of the molecule is Cc1cccc(NC(=S)NN=CC=Cc2ccccc2)c1. The minimum absolute atomic E-state index is 0.463. The average Bonchev–Trinajstić information content (AvgIpc) is 2.48.